The van der Waals surface area contributed by atoms with Crippen LogP contribution in [0.3, 0.4) is 0 Å². The Morgan fingerprint density at radius 1 is 1.00 bits per heavy atom. The third kappa shape index (κ3) is 4.26. The fourth-order valence-corrected chi connectivity index (χ4v) is 3.47. The van der Waals surface area contributed by atoms with Crippen molar-refractivity contribution in [3.8, 4) is 11.3 Å². The number of anilines is 1. The molecule has 1 fully saturated rings. The van der Waals surface area contributed by atoms with E-state index in [1.54, 1.807) is 29.2 Å². The van der Waals surface area contributed by atoms with Gasteiger partial charge in [0.2, 0.25) is 0 Å². The minimum Gasteiger partial charge on any atom is -0.369 e. The van der Waals surface area contributed by atoms with Crippen LogP contribution in [0.4, 0.5) is 5.69 Å². The molecule has 0 spiro atoms. The Balaban J connectivity index is 1.36. The topological polar surface area (TPSA) is 67.2 Å². The van der Waals surface area contributed by atoms with Crippen LogP contribution in [0.2, 0.25) is 0 Å². The molecule has 0 unspecified atom stereocenters. The predicted octanol–water partition coefficient (Wildman–Crippen LogP) is 1.83. The second kappa shape index (κ2) is 8.31. The van der Waals surface area contributed by atoms with Gasteiger partial charge in [-0.25, -0.2) is 4.68 Å². The summed E-state index contributed by atoms with van der Waals surface area (Å²) in [6.45, 7) is 7.30. The highest BCUT2D eigenvalue weighted by molar-refractivity contribution is 5.56. The molecule has 1 saturated heterocycles. The zero-order chi connectivity index (χ0) is 19.3. The molecular formula is C21H24N6O. The molecule has 0 amide bonds. The molecule has 144 valence electrons. The molecule has 7 heteroatoms. The van der Waals surface area contributed by atoms with Gasteiger partial charge in [0.05, 0.1) is 12.2 Å². The number of hydrogen-bond acceptors (Lipinski definition) is 6. The van der Waals surface area contributed by atoms with Gasteiger partial charge in [-0.2, -0.15) is 5.10 Å². The van der Waals surface area contributed by atoms with Crippen molar-refractivity contribution in [1.82, 2.24) is 24.6 Å². The normalized spacial score (nSPS) is 15.0. The number of piperazine rings is 1. The van der Waals surface area contributed by atoms with Crippen LogP contribution in [0, 0.1) is 6.92 Å². The number of aryl methyl sites for hydroxylation is 1. The summed E-state index contributed by atoms with van der Waals surface area (Å²) >= 11 is 0. The van der Waals surface area contributed by atoms with E-state index in [2.05, 4.69) is 37.0 Å². The molecule has 3 aromatic rings. The minimum absolute atomic E-state index is 0.0708. The van der Waals surface area contributed by atoms with Crippen molar-refractivity contribution in [2.24, 2.45) is 0 Å². The molecule has 28 heavy (non-hydrogen) atoms. The van der Waals surface area contributed by atoms with Crippen LogP contribution in [0.15, 0.2) is 59.8 Å². The van der Waals surface area contributed by atoms with E-state index in [0.29, 0.717) is 6.54 Å². The fraction of sp³-hybridized carbons (Fsp3) is 0.333. The first-order valence-electron chi connectivity index (χ1n) is 9.57. The van der Waals surface area contributed by atoms with E-state index in [0.717, 1.165) is 49.7 Å². The van der Waals surface area contributed by atoms with Crippen LogP contribution in [0.25, 0.3) is 11.3 Å². The molecule has 4 rings (SSSR count). The number of hydrogen-bond donors (Lipinski definition) is 0. The summed E-state index contributed by atoms with van der Waals surface area (Å²) in [6, 6.07) is 11.4. The van der Waals surface area contributed by atoms with Gasteiger partial charge in [-0.3, -0.25) is 19.7 Å². The molecule has 0 bridgehead atoms. The predicted molar refractivity (Wildman–Crippen MR) is 109 cm³/mol. The minimum atomic E-state index is -0.0708. The molecular weight excluding hydrogens is 352 g/mol. The second-order valence-electron chi connectivity index (χ2n) is 7.01. The molecule has 7 nitrogen and oxygen atoms in total. The van der Waals surface area contributed by atoms with Crippen molar-refractivity contribution >= 4 is 5.69 Å². The molecule has 0 radical (unpaired) electrons. The zero-order valence-corrected chi connectivity index (χ0v) is 16.0. The van der Waals surface area contributed by atoms with Crippen molar-refractivity contribution in [3.63, 3.8) is 0 Å². The van der Waals surface area contributed by atoms with Gasteiger partial charge in [0.25, 0.3) is 5.56 Å². The number of nitrogens with zero attached hydrogens (tertiary/aromatic N) is 6. The van der Waals surface area contributed by atoms with Crippen LogP contribution in [0.1, 0.15) is 5.69 Å². The van der Waals surface area contributed by atoms with E-state index in [-0.39, 0.29) is 5.56 Å². The standard InChI is InChI=1S/C21H24N6O/c1-17-15-19(6-8-23-17)26-12-9-25(10-13-26)11-14-27-21(28)5-4-20(24-27)18-3-2-7-22-16-18/h2-8,15-16H,9-14H2,1H3. The van der Waals surface area contributed by atoms with E-state index in [9.17, 15) is 4.79 Å². The maximum atomic E-state index is 12.2. The van der Waals surface area contributed by atoms with E-state index in [1.165, 1.54) is 5.69 Å². The van der Waals surface area contributed by atoms with Gasteiger partial charge < -0.3 is 4.90 Å². The first-order chi connectivity index (χ1) is 13.7. The molecule has 0 atom stereocenters. The summed E-state index contributed by atoms with van der Waals surface area (Å²) in [5, 5.41) is 4.52. The van der Waals surface area contributed by atoms with Crippen molar-refractivity contribution in [1.29, 1.82) is 0 Å². The lowest BCUT2D eigenvalue weighted by molar-refractivity contribution is 0.243. The van der Waals surface area contributed by atoms with Crippen molar-refractivity contribution in [3.05, 3.63) is 71.0 Å². The summed E-state index contributed by atoms with van der Waals surface area (Å²) in [5.41, 5.74) is 3.88. The number of aromatic nitrogens is 4. The molecule has 1 aliphatic heterocycles. The van der Waals surface area contributed by atoms with Crippen LogP contribution >= 0.6 is 0 Å². The van der Waals surface area contributed by atoms with Crippen LogP contribution in [-0.2, 0) is 6.54 Å². The summed E-state index contributed by atoms with van der Waals surface area (Å²) < 4.78 is 1.56. The largest absolute Gasteiger partial charge is 0.369 e. The highest BCUT2D eigenvalue weighted by Crippen LogP contribution is 2.16. The Hall–Kier alpha value is -3.06. The van der Waals surface area contributed by atoms with Gasteiger partial charge in [0, 0.05) is 74.3 Å². The van der Waals surface area contributed by atoms with E-state index >= 15 is 0 Å². The third-order valence-electron chi connectivity index (χ3n) is 5.07. The Morgan fingerprint density at radius 2 is 1.86 bits per heavy atom. The lowest BCUT2D eigenvalue weighted by atomic mass is 10.2. The highest BCUT2D eigenvalue weighted by Gasteiger charge is 2.17. The Bertz CT molecular complexity index is 979. The summed E-state index contributed by atoms with van der Waals surface area (Å²) in [6.07, 6.45) is 5.36. The quantitative estimate of drug-likeness (QED) is 0.677. The fourth-order valence-electron chi connectivity index (χ4n) is 3.47. The van der Waals surface area contributed by atoms with Gasteiger partial charge >= 0.3 is 0 Å². The summed E-state index contributed by atoms with van der Waals surface area (Å²) in [4.78, 5) is 25.4. The first-order valence-corrected chi connectivity index (χ1v) is 9.57. The Kier molecular flexibility index (Phi) is 5.43. The second-order valence-corrected chi connectivity index (χ2v) is 7.01. The van der Waals surface area contributed by atoms with Gasteiger partial charge in [0.15, 0.2) is 0 Å². The highest BCUT2D eigenvalue weighted by atomic mass is 16.1. The van der Waals surface area contributed by atoms with Gasteiger partial charge in [-0.1, -0.05) is 0 Å². The Labute approximate surface area is 164 Å². The van der Waals surface area contributed by atoms with Crippen LogP contribution < -0.4 is 10.5 Å². The lowest BCUT2D eigenvalue weighted by Gasteiger charge is -2.36. The first kappa shape index (κ1) is 18.3. The molecule has 4 heterocycles. The summed E-state index contributed by atoms with van der Waals surface area (Å²) in [5.74, 6) is 0. The van der Waals surface area contributed by atoms with Crippen LogP contribution in [-0.4, -0.2) is 57.4 Å². The average Bonchev–Trinajstić information content (AvgIpc) is 2.74. The average molecular weight is 376 g/mol. The lowest BCUT2D eigenvalue weighted by Crippen LogP contribution is -2.47. The maximum Gasteiger partial charge on any atom is 0.266 e. The van der Waals surface area contributed by atoms with Gasteiger partial charge in [-0.05, 0) is 37.3 Å². The molecule has 0 aliphatic carbocycles. The molecule has 3 aromatic heterocycles. The zero-order valence-electron chi connectivity index (χ0n) is 16.0. The molecule has 0 aromatic carbocycles. The summed E-state index contributed by atoms with van der Waals surface area (Å²) in [7, 11) is 0. The van der Waals surface area contributed by atoms with E-state index < -0.39 is 0 Å². The number of pyridine rings is 2. The van der Waals surface area contributed by atoms with E-state index in [4.69, 9.17) is 0 Å². The van der Waals surface area contributed by atoms with Crippen molar-refractivity contribution < 1.29 is 0 Å². The van der Waals surface area contributed by atoms with Gasteiger partial charge in [-0.15, -0.1) is 0 Å². The van der Waals surface area contributed by atoms with Crippen molar-refractivity contribution in [2.75, 3.05) is 37.6 Å². The number of rotatable bonds is 5. The monoisotopic (exact) mass is 376 g/mol. The molecule has 0 saturated carbocycles. The molecule has 1 aliphatic rings. The molecule has 0 N–H and O–H groups in total. The van der Waals surface area contributed by atoms with E-state index in [1.807, 2.05) is 25.3 Å². The third-order valence-corrected chi connectivity index (χ3v) is 5.07. The maximum absolute atomic E-state index is 12.2. The smallest absolute Gasteiger partial charge is 0.266 e. The van der Waals surface area contributed by atoms with Gasteiger partial charge in [0.1, 0.15) is 0 Å². The van der Waals surface area contributed by atoms with Crippen molar-refractivity contribution in [2.45, 2.75) is 13.5 Å². The van der Waals surface area contributed by atoms with Crippen LogP contribution in [0.5, 0.6) is 0 Å². The Morgan fingerprint density at radius 3 is 2.61 bits per heavy atom. The SMILES string of the molecule is Cc1cc(N2CCN(CCn3nc(-c4cccnc4)ccc3=O)CC2)ccn1.